The van der Waals surface area contributed by atoms with Gasteiger partial charge < -0.3 is 18.6 Å². The summed E-state index contributed by atoms with van der Waals surface area (Å²) in [6, 6.07) is 41.4. The average molecular weight is 732 g/mol. The number of benzene rings is 6. The van der Waals surface area contributed by atoms with Crippen molar-refractivity contribution >= 4 is 93.1 Å². The Kier molecular flexibility index (Phi) is 8.32. The van der Waals surface area contributed by atoms with Crippen molar-refractivity contribution in [3.8, 4) is 6.07 Å². The second-order valence-electron chi connectivity index (χ2n) is 15.7. The number of hydrogen-bond donors (Lipinski definition) is 0. The summed E-state index contributed by atoms with van der Waals surface area (Å²) in [4.78, 5) is 3.94. The van der Waals surface area contributed by atoms with Crippen molar-refractivity contribution < 1.29 is 13.2 Å². The van der Waals surface area contributed by atoms with Gasteiger partial charge >= 0.3 is 0 Å². The highest BCUT2D eigenvalue weighted by atomic mass is 28.3. The first-order valence-corrected chi connectivity index (χ1v) is 24.7. The molecule has 0 aliphatic heterocycles. The molecule has 0 radical (unpaired) electrons. The third-order valence-corrected chi connectivity index (χ3v) is 15.8. The van der Waals surface area contributed by atoms with Gasteiger partial charge in [-0.2, -0.15) is 5.26 Å². The van der Waals surface area contributed by atoms with E-state index in [1.807, 2.05) is 61.5 Å². The van der Waals surface area contributed by atoms with E-state index in [4.69, 9.17) is 8.83 Å². The molecule has 8 heteroatoms. The number of anilines is 4. The van der Waals surface area contributed by atoms with Crippen LogP contribution in [-0.2, 0) is 6.04 Å². The van der Waals surface area contributed by atoms with Crippen LogP contribution in [0, 0.1) is 17.1 Å². The highest BCUT2D eigenvalue weighted by Crippen LogP contribution is 2.42. The van der Waals surface area contributed by atoms with Gasteiger partial charge in [-0.1, -0.05) is 112 Å². The molecule has 0 unspecified atom stereocenters. The predicted octanol–water partition coefficient (Wildman–Crippen LogP) is 11.3. The van der Waals surface area contributed by atoms with Gasteiger partial charge in [0, 0.05) is 35.6 Å². The molecule has 0 amide bonds. The Morgan fingerprint density at radius 2 is 1.11 bits per heavy atom. The molecule has 0 spiro atoms. The van der Waals surface area contributed by atoms with Gasteiger partial charge in [0.15, 0.2) is 11.2 Å². The summed E-state index contributed by atoms with van der Waals surface area (Å²) in [6.45, 7) is 11.9. The minimum Gasteiger partial charge on any atom is -0.454 e. The van der Waals surface area contributed by atoms with Crippen molar-refractivity contribution in [2.45, 2.75) is 38.8 Å². The van der Waals surface area contributed by atoms with Gasteiger partial charge in [-0.25, -0.2) is 4.39 Å². The number of halogens is 1. The Bertz CT molecular complexity index is 2750. The molecule has 0 saturated heterocycles. The number of para-hydroxylation sites is 5. The van der Waals surface area contributed by atoms with E-state index in [1.165, 1.54) is 22.0 Å². The van der Waals surface area contributed by atoms with Crippen molar-refractivity contribution in [3.63, 3.8) is 0 Å². The van der Waals surface area contributed by atoms with Crippen molar-refractivity contribution in [2.24, 2.45) is 0 Å². The lowest BCUT2D eigenvalue weighted by molar-refractivity contribution is 0.627. The lowest BCUT2D eigenvalue weighted by atomic mass is 10.1. The van der Waals surface area contributed by atoms with Gasteiger partial charge in [0.25, 0.3) is 0 Å². The minimum atomic E-state index is -2.27. The lowest BCUT2D eigenvalue weighted by Gasteiger charge is -2.25. The fourth-order valence-electron chi connectivity index (χ4n) is 7.98. The third kappa shape index (κ3) is 5.72. The first-order valence-electron chi connectivity index (χ1n) is 18.0. The van der Waals surface area contributed by atoms with Gasteiger partial charge in [-0.05, 0) is 58.4 Å². The summed E-state index contributed by atoms with van der Waals surface area (Å²) < 4.78 is 28.8. The summed E-state index contributed by atoms with van der Waals surface area (Å²) in [5.41, 5.74) is 8.36. The molecular weight excluding hydrogens is 690 g/mol. The molecule has 6 aromatic carbocycles. The van der Waals surface area contributed by atoms with Gasteiger partial charge in [0.05, 0.1) is 44.5 Å². The van der Waals surface area contributed by atoms with E-state index in [0.29, 0.717) is 11.3 Å². The van der Waals surface area contributed by atoms with Crippen molar-refractivity contribution in [1.82, 2.24) is 0 Å². The Labute approximate surface area is 311 Å². The number of nitrogens with zero attached hydrogens (tertiary/aromatic N) is 3. The van der Waals surface area contributed by atoms with Crippen molar-refractivity contribution in [2.75, 3.05) is 23.9 Å². The zero-order valence-corrected chi connectivity index (χ0v) is 33.2. The number of nitriles is 1. The molecule has 0 fully saturated rings. The van der Waals surface area contributed by atoms with E-state index in [9.17, 15) is 9.65 Å². The first-order chi connectivity index (χ1) is 25.4. The van der Waals surface area contributed by atoms with E-state index in [-0.39, 0.29) is 5.82 Å². The van der Waals surface area contributed by atoms with E-state index in [2.05, 4.69) is 98.3 Å². The summed E-state index contributed by atoms with van der Waals surface area (Å²) in [6.07, 6.45) is 0. The van der Waals surface area contributed by atoms with E-state index >= 15 is 0 Å². The van der Waals surface area contributed by atoms with Crippen LogP contribution in [-0.4, -0.2) is 30.2 Å². The van der Waals surface area contributed by atoms with Gasteiger partial charge in [-0.3, -0.25) is 0 Å². The van der Waals surface area contributed by atoms with E-state index < -0.39 is 16.1 Å². The highest BCUT2D eigenvalue weighted by Gasteiger charge is 2.32. The largest absolute Gasteiger partial charge is 0.454 e. The molecule has 5 nitrogen and oxygen atoms in total. The first kappa shape index (κ1) is 34.5. The molecule has 8 aromatic rings. The van der Waals surface area contributed by atoms with Crippen LogP contribution in [0.4, 0.5) is 27.1 Å². The summed E-state index contributed by atoms with van der Waals surface area (Å²) in [7, 11) is -0.144. The Morgan fingerprint density at radius 1 is 0.566 bits per heavy atom. The number of rotatable bonds is 8. The normalized spacial score (nSPS) is 12.2. The van der Waals surface area contributed by atoms with Crippen LogP contribution in [0.1, 0.15) is 11.1 Å². The minimum absolute atomic E-state index is 0.279. The molecule has 2 aromatic heterocycles. The second kappa shape index (κ2) is 12.8. The molecule has 0 bridgehead atoms. The number of hydrogen-bond acceptors (Lipinski definition) is 5. The second-order valence-corrected chi connectivity index (χ2v) is 25.4. The van der Waals surface area contributed by atoms with Crippen molar-refractivity contribution in [1.29, 1.82) is 5.26 Å². The van der Waals surface area contributed by atoms with Crippen molar-refractivity contribution in [3.05, 3.63) is 132 Å². The van der Waals surface area contributed by atoms with Crippen LogP contribution in [0.3, 0.4) is 0 Å². The molecule has 0 atom stereocenters. The van der Waals surface area contributed by atoms with Crippen LogP contribution in [0.2, 0.25) is 32.7 Å². The zero-order valence-electron chi connectivity index (χ0n) is 31.2. The van der Waals surface area contributed by atoms with Crippen LogP contribution < -0.4 is 20.2 Å². The van der Waals surface area contributed by atoms with Gasteiger partial charge in [-0.15, -0.1) is 0 Å². The standard InChI is InChI=1S/C45H42FN3O2Si2/c1-48(35-20-10-8-15-29(35)27-47)38-26-25-30(41-33-18-14-23-39(52(3,4)5)44(33)51-45(38)41)28-53(6,7)40-24-13-17-32-31-16-12-22-37(42(31)50-43(32)40)49(2)36-21-11-9-19-34(36)46/h8-26H,28H2,1-7H3. The molecular formula is C45H42FN3O2Si2. The average Bonchev–Trinajstić information content (AvgIpc) is 3.73. The van der Waals surface area contributed by atoms with E-state index in [0.717, 1.165) is 67.0 Å². The maximum absolute atomic E-state index is 14.9. The van der Waals surface area contributed by atoms with E-state index in [1.54, 1.807) is 12.1 Å². The fourth-order valence-corrected chi connectivity index (χ4v) is 12.2. The van der Waals surface area contributed by atoms with Gasteiger partial charge in [0.2, 0.25) is 0 Å². The molecule has 0 saturated carbocycles. The Morgan fingerprint density at radius 3 is 1.83 bits per heavy atom. The monoisotopic (exact) mass is 731 g/mol. The highest BCUT2D eigenvalue weighted by molar-refractivity contribution is 6.91. The third-order valence-electron chi connectivity index (χ3n) is 10.7. The maximum Gasteiger partial charge on any atom is 0.159 e. The van der Waals surface area contributed by atoms with Crippen LogP contribution in [0.15, 0.2) is 124 Å². The number of fused-ring (bicyclic) bond motifs is 6. The summed E-state index contributed by atoms with van der Waals surface area (Å²) in [5.74, 6) is -0.279. The summed E-state index contributed by atoms with van der Waals surface area (Å²) >= 11 is 0. The Hall–Kier alpha value is -5.63. The van der Waals surface area contributed by atoms with Crippen LogP contribution >= 0.6 is 0 Å². The zero-order chi connectivity index (χ0) is 37.2. The molecule has 8 rings (SSSR count). The number of furan rings is 2. The maximum atomic E-state index is 14.9. The van der Waals surface area contributed by atoms with Crippen LogP contribution in [0.25, 0.3) is 43.9 Å². The Balaban J connectivity index is 1.29. The van der Waals surface area contributed by atoms with Gasteiger partial charge in [0.1, 0.15) is 23.1 Å². The van der Waals surface area contributed by atoms with Crippen LogP contribution in [0.5, 0.6) is 0 Å². The fraction of sp³-hybridized carbons (Fsp3) is 0.178. The molecule has 0 N–H and O–H groups in total. The molecule has 53 heavy (non-hydrogen) atoms. The lowest BCUT2D eigenvalue weighted by Crippen LogP contribution is -2.44. The molecule has 2 heterocycles. The molecule has 0 aliphatic carbocycles. The topological polar surface area (TPSA) is 56.6 Å². The predicted molar refractivity (Wildman–Crippen MR) is 225 cm³/mol. The smallest absolute Gasteiger partial charge is 0.159 e. The molecule has 264 valence electrons. The molecule has 0 aliphatic rings. The SMILES string of the molecule is CN(c1ccccc1F)c1cccc2c1oc1c([Si](C)(C)Cc3ccc(N(C)c4ccccc4C#N)c4oc5c([Si](C)(C)C)cccc5c34)cccc12. The quantitative estimate of drug-likeness (QED) is 0.146. The summed E-state index contributed by atoms with van der Waals surface area (Å²) in [5, 5.41) is 16.8.